The molecule has 128 valence electrons. The first-order valence-electron chi connectivity index (χ1n) is 7.31. The fourth-order valence-electron chi connectivity index (χ4n) is 2.02. The minimum Gasteiger partial charge on any atom is -0.359 e. The molecular weight excluding hydrogens is 332 g/mol. The molecule has 0 aliphatic heterocycles. The molecule has 0 fully saturated rings. The van der Waals surface area contributed by atoms with Gasteiger partial charge in [0.15, 0.2) is 0 Å². The van der Waals surface area contributed by atoms with Crippen LogP contribution < -0.4 is 10.6 Å². The van der Waals surface area contributed by atoms with Gasteiger partial charge in [-0.15, -0.1) is 0 Å². The van der Waals surface area contributed by atoms with Gasteiger partial charge in [-0.1, -0.05) is 11.6 Å². The van der Waals surface area contributed by atoms with Gasteiger partial charge < -0.3 is 15.5 Å². The van der Waals surface area contributed by atoms with Crippen LogP contribution in [0.3, 0.4) is 0 Å². The van der Waals surface area contributed by atoms with Gasteiger partial charge in [0.25, 0.3) is 0 Å². The van der Waals surface area contributed by atoms with E-state index in [2.05, 4.69) is 20.7 Å². The van der Waals surface area contributed by atoms with Gasteiger partial charge >= 0.3 is 6.03 Å². The molecule has 8 nitrogen and oxygen atoms in total. The first kappa shape index (κ1) is 17.7. The number of nitrogens with zero attached hydrogens (tertiary/aromatic N) is 4. The average Bonchev–Trinajstić information content (AvgIpc) is 3.08. The number of halogens is 1. The van der Waals surface area contributed by atoms with Crippen molar-refractivity contribution < 1.29 is 9.59 Å². The molecule has 1 aromatic heterocycles. The van der Waals surface area contributed by atoms with Crippen molar-refractivity contribution in [1.29, 1.82) is 0 Å². The summed E-state index contributed by atoms with van der Waals surface area (Å²) in [4.78, 5) is 29.0. The lowest BCUT2D eigenvalue weighted by Crippen LogP contribution is -2.40. The Kier molecular flexibility index (Phi) is 5.75. The van der Waals surface area contributed by atoms with Crippen LogP contribution in [0.1, 0.15) is 13.3 Å². The van der Waals surface area contributed by atoms with Crippen molar-refractivity contribution in [3.8, 4) is 5.69 Å². The largest absolute Gasteiger partial charge is 0.359 e. The summed E-state index contributed by atoms with van der Waals surface area (Å²) < 4.78 is 1.53. The fourth-order valence-corrected chi connectivity index (χ4v) is 2.29. The number of nitrogens with one attached hydrogen (secondary N) is 2. The summed E-state index contributed by atoms with van der Waals surface area (Å²) >= 11 is 6.23. The lowest BCUT2D eigenvalue weighted by atomic mass is 10.2. The van der Waals surface area contributed by atoms with Gasteiger partial charge in [-0.25, -0.2) is 14.5 Å². The van der Waals surface area contributed by atoms with Gasteiger partial charge in [-0.05, 0) is 25.1 Å². The highest BCUT2D eigenvalue weighted by Crippen LogP contribution is 2.24. The number of benzene rings is 1. The number of rotatable bonds is 5. The molecule has 0 bridgehead atoms. The zero-order valence-electron chi connectivity index (χ0n) is 13.7. The van der Waals surface area contributed by atoms with Crippen LogP contribution in [0.5, 0.6) is 0 Å². The van der Waals surface area contributed by atoms with Crippen LogP contribution >= 0.6 is 11.6 Å². The normalized spacial score (nSPS) is 11.7. The summed E-state index contributed by atoms with van der Waals surface area (Å²) in [5.74, 6) is -0.123. The Balaban J connectivity index is 2.04. The smallest absolute Gasteiger partial charge is 0.321 e. The molecule has 0 aliphatic carbocycles. The zero-order valence-corrected chi connectivity index (χ0v) is 14.4. The van der Waals surface area contributed by atoms with Crippen LogP contribution in [0, 0.1) is 0 Å². The van der Waals surface area contributed by atoms with Crippen molar-refractivity contribution in [3.63, 3.8) is 0 Å². The van der Waals surface area contributed by atoms with E-state index in [1.54, 1.807) is 39.2 Å². The molecule has 0 radical (unpaired) electrons. The van der Waals surface area contributed by atoms with E-state index in [4.69, 9.17) is 11.6 Å². The van der Waals surface area contributed by atoms with Crippen LogP contribution in [0.2, 0.25) is 5.02 Å². The van der Waals surface area contributed by atoms with Crippen LogP contribution in [0.15, 0.2) is 30.9 Å². The van der Waals surface area contributed by atoms with Gasteiger partial charge in [0.05, 0.1) is 10.7 Å². The van der Waals surface area contributed by atoms with Crippen molar-refractivity contribution in [3.05, 3.63) is 35.9 Å². The Morgan fingerprint density at radius 2 is 2.17 bits per heavy atom. The molecule has 9 heteroatoms. The summed E-state index contributed by atoms with van der Waals surface area (Å²) in [7, 11) is 3.20. The van der Waals surface area contributed by atoms with E-state index in [1.807, 2.05) is 0 Å². The molecular formula is C15H19ClN6O2. The summed E-state index contributed by atoms with van der Waals surface area (Å²) in [6.45, 7) is 1.80. The summed E-state index contributed by atoms with van der Waals surface area (Å²) in [5, 5.41) is 9.73. The van der Waals surface area contributed by atoms with Crippen LogP contribution in [-0.2, 0) is 4.79 Å². The van der Waals surface area contributed by atoms with E-state index in [-0.39, 0.29) is 24.4 Å². The Hall–Kier alpha value is -2.61. The number of amides is 3. The second-order valence-electron chi connectivity index (χ2n) is 5.27. The highest BCUT2D eigenvalue weighted by molar-refractivity contribution is 6.32. The van der Waals surface area contributed by atoms with Gasteiger partial charge in [-0.3, -0.25) is 4.79 Å². The molecule has 2 aromatic rings. The molecule has 3 amide bonds. The Morgan fingerprint density at radius 3 is 2.75 bits per heavy atom. The molecule has 0 saturated carbocycles. The number of hydrogen-bond donors (Lipinski definition) is 2. The SMILES string of the molecule is CNC(=O)C[C@H](C)N(C)C(=O)Nc1ccc(-n2cncn2)c(Cl)c1. The lowest BCUT2D eigenvalue weighted by molar-refractivity contribution is -0.121. The molecule has 1 heterocycles. The third kappa shape index (κ3) is 4.23. The monoisotopic (exact) mass is 350 g/mol. The highest BCUT2D eigenvalue weighted by atomic mass is 35.5. The summed E-state index contributed by atoms with van der Waals surface area (Å²) in [5.41, 5.74) is 1.21. The van der Waals surface area contributed by atoms with E-state index in [9.17, 15) is 9.59 Å². The van der Waals surface area contributed by atoms with Crippen LogP contribution in [0.25, 0.3) is 5.69 Å². The number of urea groups is 1. The maximum absolute atomic E-state index is 12.3. The number of aromatic nitrogens is 3. The quantitative estimate of drug-likeness (QED) is 0.861. The van der Waals surface area contributed by atoms with E-state index < -0.39 is 0 Å². The first-order chi connectivity index (χ1) is 11.4. The van der Waals surface area contributed by atoms with Crippen LogP contribution in [0.4, 0.5) is 10.5 Å². The standard InChI is InChI=1S/C15H19ClN6O2/c1-10(6-14(23)17-2)21(3)15(24)20-11-4-5-13(12(16)7-11)22-9-18-8-19-22/h4-5,7-10H,6H2,1-3H3,(H,17,23)(H,20,24)/t10-/m0/s1. The third-order valence-electron chi connectivity index (χ3n) is 3.61. The summed E-state index contributed by atoms with van der Waals surface area (Å²) in [6, 6.07) is 4.53. The molecule has 1 atom stereocenters. The van der Waals surface area contributed by atoms with Crippen molar-refractivity contribution in [2.24, 2.45) is 0 Å². The lowest BCUT2D eigenvalue weighted by Gasteiger charge is -2.24. The highest BCUT2D eigenvalue weighted by Gasteiger charge is 2.18. The Bertz CT molecular complexity index is 719. The molecule has 2 rings (SSSR count). The minimum atomic E-state index is -0.323. The Morgan fingerprint density at radius 1 is 1.42 bits per heavy atom. The van der Waals surface area contributed by atoms with Crippen LogP contribution in [-0.4, -0.2) is 51.7 Å². The molecule has 0 aliphatic rings. The van der Waals surface area contributed by atoms with Crippen molar-refractivity contribution >= 4 is 29.2 Å². The van der Waals surface area contributed by atoms with Gasteiger partial charge in [0, 0.05) is 32.2 Å². The fraction of sp³-hybridized carbons (Fsp3) is 0.333. The second-order valence-corrected chi connectivity index (χ2v) is 5.68. The number of anilines is 1. The first-order valence-corrected chi connectivity index (χ1v) is 7.69. The maximum atomic E-state index is 12.3. The zero-order chi connectivity index (χ0) is 17.7. The molecule has 2 N–H and O–H groups in total. The molecule has 24 heavy (non-hydrogen) atoms. The van der Waals surface area contributed by atoms with Crippen molar-refractivity contribution in [1.82, 2.24) is 25.0 Å². The van der Waals surface area contributed by atoms with E-state index in [0.29, 0.717) is 16.4 Å². The molecule has 0 saturated heterocycles. The van der Waals surface area contributed by atoms with E-state index in [0.717, 1.165) is 0 Å². The number of carbonyl (C=O) groups is 2. The topological polar surface area (TPSA) is 92.2 Å². The van der Waals surface area contributed by atoms with Crippen molar-refractivity contribution in [2.75, 3.05) is 19.4 Å². The van der Waals surface area contributed by atoms with Gasteiger partial charge in [0.1, 0.15) is 12.7 Å². The summed E-state index contributed by atoms with van der Waals surface area (Å²) in [6.07, 6.45) is 3.18. The Labute approximate surface area is 144 Å². The minimum absolute atomic E-state index is 0.123. The van der Waals surface area contributed by atoms with E-state index in [1.165, 1.54) is 22.2 Å². The average molecular weight is 351 g/mol. The predicted octanol–water partition coefficient (Wildman–Crippen LogP) is 1.91. The van der Waals surface area contributed by atoms with Gasteiger partial charge in [-0.2, -0.15) is 5.10 Å². The van der Waals surface area contributed by atoms with Gasteiger partial charge in [0.2, 0.25) is 5.91 Å². The predicted molar refractivity (Wildman–Crippen MR) is 91.3 cm³/mol. The molecule has 1 aromatic carbocycles. The van der Waals surface area contributed by atoms with E-state index >= 15 is 0 Å². The molecule has 0 spiro atoms. The van der Waals surface area contributed by atoms with Crippen molar-refractivity contribution in [2.45, 2.75) is 19.4 Å². The maximum Gasteiger partial charge on any atom is 0.321 e. The molecule has 0 unspecified atom stereocenters. The number of hydrogen-bond acceptors (Lipinski definition) is 4. The number of carbonyl (C=O) groups excluding carboxylic acids is 2. The second kappa shape index (κ2) is 7.78. The third-order valence-corrected chi connectivity index (χ3v) is 3.91.